The van der Waals surface area contributed by atoms with Crippen molar-refractivity contribution in [2.75, 3.05) is 11.9 Å². The average Bonchev–Trinajstić information content (AvgIpc) is 2.60. The van der Waals surface area contributed by atoms with E-state index in [1.165, 1.54) is 0 Å². The van der Waals surface area contributed by atoms with Crippen LogP contribution in [0.2, 0.25) is 0 Å². The maximum atomic E-state index is 12.4. The van der Waals surface area contributed by atoms with E-state index in [1.54, 1.807) is 24.3 Å². The Labute approximate surface area is 137 Å². The second-order valence-electron chi connectivity index (χ2n) is 5.99. The summed E-state index contributed by atoms with van der Waals surface area (Å²) in [6.45, 7) is 2.74. The Morgan fingerprint density at radius 1 is 1.13 bits per heavy atom. The first-order valence-electron chi connectivity index (χ1n) is 8.23. The summed E-state index contributed by atoms with van der Waals surface area (Å²) in [4.78, 5) is 24.3. The molecule has 1 aliphatic rings. The first-order chi connectivity index (χ1) is 11.2. The SMILES string of the molecule is CCCNC(=O)C1CCC(C(=O)Nc2ccccc2C#N)CC1. The fourth-order valence-corrected chi connectivity index (χ4v) is 2.93. The zero-order chi connectivity index (χ0) is 16.7. The van der Waals surface area contributed by atoms with Crippen molar-refractivity contribution >= 4 is 17.5 Å². The number of nitriles is 1. The molecule has 1 aromatic carbocycles. The third-order valence-corrected chi connectivity index (χ3v) is 4.32. The van der Waals surface area contributed by atoms with Crippen molar-refractivity contribution in [1.82, 2.24) is 5.32 Å². The maximum absolute atomic E-state index is 12.4. The second-order valence-corrected chi connectivity index (χ2v) is 5.99. The Balaban J connectivity index is 1.86. The van der Waals surface area contributed by atoms with Crippen LogP contribution in [0.25, 0.3) is 0 Å². The third kappa shape index (κ3) is 4.56. The molecule has 2 rings (SSSR count). The fraction of sp³-hybridized carbons (Fsp3) is 0.500. The normalized spacial score (nSPS) is 20.3. The van der Waals surface area contributed by atoms with Crippen LogP contribution in [0, 0.1) is 23.2 Å². The van der Waals surface area contributed by atoms with Gasteiger partial charge in [0.15, 0.2) is 0 Å². The summed E-state index contributed by atoms with van der Waals surface area (Å²) in [6, 6.07) is 9.07. The molecule has 23 heavy (non-hydrogen) atoms. The van der Waals surface area contributed by atoms with Crippen LogP contribution in [0.5, 0.6) is 0 Å². The summed E-state index contributed by atoms with van der Waals surface area (Å²) >= 11 is 0. The van der Waals surface area contributed by atoms with Crippen molar-refractivity contribution in [3.8, 4) is 6.07 Å². The van der Waals surface area contributed by atoms with Gasteiger partial charge in [-0.2, -0.15) is 5.26 Å². The van der Waals surface area contributed by atoms with Gasteiger partial charge in [0.2, 0.25) is 11.8 Å². The van der Waals surface area contributed by atoms with Crippen LogP contribution in [0.1, 0.15) is 44.6 Å². The topological polar surface area (TPSA) is 82.0 Å². The molecule has 0 atom stereocenters. The van der Waals surface area contributed by atoms with E-state index in [2.05, 4.69) is 16.7 Å². The molecule has 0 radical (unpaired) electrons. The molecule has 0 aromatic heterocycles. The van der Waals surface area contributed by atoms with Gasteiger partial charge >= 0.3 is 0 Å². The monoisotopic (exact) mass is 313 g/mol. The number of benzene rings is 1. The van der Waals surface area contributed by atoms with E-state index in [9.17, 15) is 9.59 Å². The van der Waals surface area contributed by atoms with Crippen molar-refractivity contribution < 1.29 is 9.59 Å². The lowest BCUT2D eigenvalue weighted by Gasteiger charge is -2.27. The number of carbonyl (C=O) groups excluding carboxylic acids is 2. The van der Waals surface area contributed by atoms with Gasteiger partial charge in [-0.05, 0) is 44.2 Å². The van der Waals surface area contributed by atoms with Gasteiger partial charge < -0.3 is 10.6 Å². The van der Waals surface area contributed by atoms with E-state index in [0.717, 1.165) is 19.3 Å². The molecule has 1 fully saturated rings. The summed E-state index contributed by atoms with van der Waals surface area (Å²) in [5.74, 6) is -0.00498. The van der Waals surface area contributed by atoms with Gasteiger partial charge in [0.1, 0.15) is 6.07 Å². The first kappa shape index (κ1) is 17.0. The van der Waals surface area contributed by atoms with Crippen molar-refractivity contribution in [3.05, 3.63) is 29.8 Å². The highest BCUT2D eigenvalue weighted by molar-refractivity contribution is 5.94. The average molecular weight is 313 g/mol. The number of amides is 2. The van der Waals surface area contributed by atoms with E-state index in [4.69, 9.17) is 5.26 Å². The Morgan fingerprint density at radius 2 is 1.74 bits per heavy atom. The number of para-hydroxylation sites is 1. The molecule has 1 aliphatic carbocycles. The standard InChI is InChI=1S/C18H23N3O2/c1-2-11-20-17(22)13-7-9-14(10-8-13)18(23)21-16-6-4-3-5-15(16)12-19/h3-6,13-14H,2,7-11H2,1H3,(H,20,22)(H,21,23). The number of anilines is 1. The second kappa shape index (κ2) is 8.33. The molecule has 0 heterocycles. The Morgan fingerprint density at radius 3 is 2.35 bits per heavy atom. The summed E-state index contributed by atoms with van der Waals surface area (Å²) in [5.41, 5.74) is 1.02. The summed E-state index contributed by atoms with van der Waals surface area (Å²) in [5, 5.41) is 14.8. The molecule has 0 bridgehead atoms. The van der Waals surface area contributed by atoms with Crippen LogP contribution in [-0.2, 0) is 9.59 Å². The van der Waals surface area contributed by atoms with Crippen LogP contribution in [0.4, 0.5) is 5.69 Å². The summed E-state index contributed by atoms with van der Waals surface area (Å²) in [6.07, 6.45) is 3.85. The molecule has 5 heteroatoms. The van der Waals surface area contributed by atoms with Gasteiger partial charge in [-0.1, -0.05) is 19.1 Å². The third-order valence-electron chi connectivity index (χ3n) is 4.32. The number of nitrogens with one attached hydrogen (secondary N) is 2. The zero-order valence-corrected chi connectivity index (χ0v) is 13.5. The van der Waals surface area contributed by atoms with Gasteiger partial charge in [-0.3, -0.25) is 9.59 Å². The highest BCUT2D eigenvalue weighted by Gasteiger charge is 2.29. The molecule has 5 nitrogen and oxygen atoms in total. The molecule has 0 spiro atoms. The van der Waals surface area contributed by atoms with Gasteiger partial charge in [-0.15, -0.1) is 0 Å². The van der Waals surface area contributed by atoms with E-state index in [0.29, 0.717) is 30.6 Å². The Bertz CT molecular complexity index is 599. The lowest BCUT2D eigenvalue weighted by atomic mass is 9.81. The molecule has 0 saturated heterocycles. The largest absolute Gasteiger partial charge is 0.356 e. The minimum absolute atomic E-state index is 0.0250. The lowest BCUT2D eigenvalue weighted by Crippen LogP contribution is -2.35. The molecule has 1 saturated carbocycles. The van der Waals surface area contributed by atoms with Crippen molar-refractivity contribution in [2.24, 2.45) is 11.8 Å². The smallest absolute Gasteiger partial charge is 0.227 e. The highest BCUT2D eigenvalue weighted by atomic mass is 16.2. The Kier molecular flexibility index (Phi) is 6.16. The first-order valence-corrected chi connectivity index (χ1v) is 8.23. The van der Waals surface area contributed by atoms with E-state index < -0.39 is 0 Å². The summed E-state index contributed by atoms with van der Waals surface area (Å²) < 4.78 is 0. The van der Waals surface area contributed by atoms with Crippen LogP contribution >= 0.6 is 0 Å². The molecule has 122 valence electrons. The van der Waals surface area contributed by atoms with Crippen molar-refractivity contribution in [3.63, 3.8) is 0 Å². The number of hydrogen-bond acceptors (Lipinski definition) is 3. The molecule has 0 aliphatic heterocycles. The fourth-order valence-electron chi connectivity index (χ4n) is 2.93. The van der Waals surface area contributed by atoms with Gasteiger partial charge in [-0.25, -0.2) is 0 Å². The highest BCUT2D eigenvalue weighted by Crippen LogP contribution is 2.30. The minimum atomic E-state index is -0.0861. The molecule has 2 amide bonds. The van der Waals surface area contributed by atoms with Gasteiger partial charge in [0, 0.05) is 18.4 Å². The zero-order valence-electron chi connectivity index (χ0n) is 13.5. The molecule has 0 unspecified atom stereocenters. The molecule has 1 aromatic rings. The number of nitrogens with zero attached hydrogens (tertiary/aromatic N) is 1. The summed E-state index contributed by atoms with van der Waals surface area (Å²) in [7, 11) is 0. The predicted molar refractivity (Wildman–Crippen MR) is 88.5 cm³/mol. The van der Waals surface area contributed by atoms with E-state index in [1.807, 2.05) is 6.92 Å². The molecular weight excluding hydrogens is 290 g/mol. The Hall–Kier alpha value is -2.35. The van der Waals surface area contributed by atoms with Gasteiger partial charge in [0.25, 0.3) is 0 Å². The number of hydrogen-bond donors (Lipinski definition) is 2. The molecular formula is C18H23N3O2. The number of rotatable bonds is 5. The quantitative estimate of drug-likeness (QED) is 0.877. The van der Waals surface area contributed by atoms with Crippen LogP contribution in [0.3, 0.4) is 0 Å². The van der Waals surface area contributed by atoms with Crippen LogP contribution < -0.4 is 10.6 Å². The van der Waals surface area contributed by atoms with E-state index in [-0.39, 0.29) is 23.7 Å². The minimum Gasteiger partial charge on any atom is -0.356 e. The maximum Gasteiger partial charge on any atom is 0.227 e. The predicted octanol–water partition coefficient (Wildman–Crippen LogP) is 2.83. The molecule has 2 N–H and O–H groups in total. The van der Waals surface area contributed by atoms with Gasteiger partial charge in [0.05, 0.1) is 11.3 Å². The van der Waals surface area contributed by atoms with Crippen LogP contribution in [-0.4, -0.2) is 18.4 Å². The van der Waals surface area contributed by atoms with Crippen molar-refractivity contribution in [1.29, 1.82) is 5.26 Å². The van der Waals surface area contributed by atoms with Crippen LogP contribution in [0.15, 0.2) is 24.3 Å². The number of carbonyl (C=O) groups is 2. The van der Waals surface area contributed by atoms with Crippen molar-refractivity contribution in [2.45, 2.75) is 39.0 Å². The lowest BCUT2D eigenvalue weighted by molar-refractivity contribution is -0.128. The van der Waals surface area contributed by atoms with E-state index >= 15 is 0 Å².